The van der Waals surface area contributed by atoms with Gasteiger partial charge in [-0.1, -0.05) is 12.1 Å². The van der Waals surface area contributed by atoms with Crippen LogP contribution in [-0.2, 0) is 11.2 Å². The maximum atomic E-state index is 13.4. The second-order valence-corrected chi connectivity index (χ2v) is 4.61. The number of hydrogen-bond donors (Lipinski definition) is 0. The molecule has 0 N–H and O–H groups in total. The van der Waals surface area contributed by atoms with Gasteiger partial charge in [-0.3, -0.25) is 4.79 Å². The van der Waals surface area contributed by atoms with Crippen LogP contribution in [0.3, 0.4) is 0 Å². The van der Waals surface area contributed by atoms with Crippen LogP contribution in [0.4, 0.5) is 4.39 Å². The third-order valence-corrected chi connectivity index (χ3v) is 3.11. The molecule has 0 amide bonds. The third-order valence-electron chi connectivity index (χ3n) is 2.08. The number of benzene rings is 1. The molecule has 0 aliphatic rings. The van der Waals surface area contributed by atoms with Crippen LogP contribution in [0.2, 0.25) is 0 Å². The van der Waals surface area contributed by atoms with Crippen molar-refractivity contribution in [2.45, 2.75) is 13.3 Å². The van der Waals surface area contributed by atoms with Gasteiger partial charge in [0.15, 0.2) is 0 Å². The summed E-state index contributed by atoms with van der Waals surface area (Å²) in [7, 11) is 0. The summed E-state index contributed by atoms with van der Waals surface area (Å²) in [5.41, 5.74) is 0.488. The maximum Gasteiger partial charge on any atom is 0.135 e. The van der Waals surface area contributed by atoms with Crippen LogP contribution in [0.15, 0.2) is 30.5 Å². The number of hydrogen-bond acceptors (Lipinski definition) is 3. The standard InChI is InChI=1S/C12H10FNOS/c1-8(15)6-9-7-14-12(16-9)10-4-2-3-5-11(10)13/h2-5,7H,6H2,1H3. The SMILES string of the molecule is CC(=O)Cc1cnc(-c2ccccc2F)s1. The Morgan fingerprint density at radius 3 is 2.88 bits per heavy atom. The zero-order valence-corrected chi connectivity index (χ0v) is 9.55. The predicted molar refractivity (Wildman–Crippen MR) is 61.9 cm³/mol. The van der Waals surface area contributed by atoms with Gasteiger partial charge in [-0.25, -0.2) is 9.37 Å². The number of nitrogens with zero attached hydrogens (tertiary/aromatic N) is 1. The minimum atomic E-state index is -0.286. The molecule has 1 heterocycles. The number of Topliss-reactive ketones (excluding diaryl/α,β-unsaturated/α-hetero) is 1. The Kier molecular flexibility index (Phi) is 3.10. The zero-order valence-electron chi connectivity index (χ0n) is 8.74. The van der Waals surface area contributed by atoms with E-state index in [1.54, 1.807) is 24.4 Å². The van der Waals surface area contributed by atoms with Crippen molar-refractivity contribution < 1.29 is 9.18 Å². The van der Waals surface area contributed by atoms with Gasteiger partial charge in [0.1, 0.15) is 16.6 Å². The van der Waals surface area contributed by atoms with Crippen molar-refractivity contribution in [1.29, 1.82) is 0 Å². The molecule has 2 rings (SSSR count). The van der Waals surface area contributed by atoms with Crippen molar-refractivity contribution in [2.75, 3.05) is 0 Å². The Morgan fingerprint density at radius 1 is 1.44 bits per heavy atom. The van der Waals surface area contributed by atoms with Crippen molar-refractivity contribution in [3.05, 3.63) is 41.2 Å². The average molecular weight is 235 g/mol. The summed E-state index contributed by atoms with van der Waals surface area (Å²) in [6, 6.07) is 6.50. The van der Waals surface area contributed by atoms with E-state index in [1.807, 2.05) is 0 Å². The summed E-state index contributed by atoms with van der Waals surface area (Å²) in [6.45, 7) is 1.53. The number of ketones is 1. The minimum Gasteiger partial charge on any atom is -0.300 e. The van der Waals surface area contributed by atoms with Gasteiger partial charge >= 0.3 is 0 Å². The molecule has 0 saturated heterocycles. The molecule has 2 aromatic rings. The molecule has 1 aromatic carbocycles. The van der Waals surface area contributed by atoms with E-state index in [4.69, 9.17) is 0 Å². The fourth-order valence-electron chi connectivity index (χ4n) is 1.39. The molecule has 82 valence electrons. The first-order valence-electron chi connectivity index (χ1n) is 4.86. The average Bonchev–Trinajstić information content (AvgIpc) is 2.66. The molecule has 4 heteroatoms. The van der Waals surface area contributed by atoms with Gasteiger partial charge in [0.2, 0.25) is 0 Å². The third kappa shape index (κ3) is 2.33. The topological polar surface area (TPSA) is 30.0 Å². The molecule has 0 atom stereocenters. The van der Waals surface area contributed by atoms with Gasteiger partial charge in [0, 0.05) is 23.1 Å². The lowest BCUT2D eigenvalue weighted by Gasteiger charge is -1.96. The Balaban J connectivity index is 2.32. The van der Waals surface area contributed by atoms with Crippen LogP contribution in [-0.4, -0.2) is 10.8 Å². The molecule has 0 fully saturated rings. The molecule has 1 aromatic heterocycles. The normalized spacial score (nSPS) is 10.4. The number of carbonyl (C=O) groups excluding carboxylic acids is 1. The molecule has 0 aliphatic carbocycles. The van der Waals surface area contributed by atoms with E-state index in [0.717, 1.165) is 4.88 Å². The highest BCUT2D eigenvalue weighted by atomic mass is 32.1. The Bertz CT molecular complexity index is 521. The first-order chi connectivity index (χ1) is 7.66. The number of carbonyl (C=O) groups is 1. The van der Waals surface area contributed by atoms with Crippen molar-refractivity contribution in [3.63, 3.8) is 0 Å². The molecule has 16 heavy (non-hydrogen) atoms. The Labute approximate surface area is 96.8 Å². The lowest BCUT2D eigenvalue weighted by atomic mass is 10.2. The first-order valence-corrected chi connectivity index (χ1v) is 5.67. The predicted octanol–water partition coefficient (Wildman–Crippen LogP) is 3.08. The highest BCUT2D eigenvalue weighted by Gasteiger charge is 2.09. The quantitative estimate of drug-likeness (QED) is 0.818. The summed E-state index contributed by atoms with van der Waals surface area (Å²) in [5.74, 6) is -0.199. The molecule has 0 radical (unpaired) electrons. The summed E-state index contributed by atoms with van der Waals surface area (Å²) in [4.78, 5) is 15.9. The van der Waals surface area contributed by atoms with Crippen LogP contribution in [0.5, 0.6) is 0 Å². The van der Waals surface area contributed by atoms with Gasteiger partial charge in [-0.2, -0.15) is 0 Å². The molecule has 0 spiro atoms. The van der Waals surface area contributed by atoms with E-state index in [-0.39, 0.29) is 11.6 Å². The number of rotatable bonds is 3. The molecule has 0 unspecified atom stereocenters. The summed E-state index contributed by atoms with van der Waals surface area (Å²) < 4.78 is 13.4. The number of aromatic nitrogens is 1. The largest absolute Gasteiger partial charge is 0.300 e. The smallest absolute Gasteiger partial charge is 0.135 e. The molecular weight excluding hydrogens is 225 g/mol. The van der Waals surface area contributed by atoms with Gasteiger partial charge in [-0.05, 0) is 19.1 Å². The fraction of sp³-hybridized carbons (Fsp3) is 0.167. The van der Waals surface area contributed by atoms with Gasteiger partial charge < -0.3 is 0 Å². The van der Waals surface area contributed by atoms with Gasteiger partial charge in [0.25, 0.3) is 0 Å². The fourth-order valence-corrected chi connectivity index (χ4v) is 2.40. The first kappa shape index (κ1) is 11.0. The Morgan fingerprint density at radius 2 is 2.19 bits per heavy atom. The summed E-state index contributed by atoms with van der Waals surface area (Å²) in [5, 5.41) is 0.620. The highest BCUT2D eigenvalue weighted by molar-refractivity contribution is 7.15. The van der Waals surface area contributed by atoms with Crippen molar-refractivity contribution in [1.82, 2.24) is 4.98 Å². The van der Waals surface area contributed by atoms with E-state index < -0.39 is 0 Å². The van der Waals surface area contributed by atoms with Crippen LogP contribution >= 0.6 is 11.3 Å². The molecule has 0 saturated carbocycles. The van der Waals surface area contributed by atoms with Crippen LogP contribution < -0.4 is 0 Å². The Hall–Kier alpha value is -1.55. The molecular formula is C12H10FNOS. The number of halogens is 1. The van der Waals surface area contributed by atoms with E-state index >= 15 is 0 Å². The summed E-state index contributed by atoms with van der Waals surface area (Å²) in [6.07, 6.45) is 2.00. The van der Waals surface area contributed by atoms with Crippen LogP contribution in [0.1, 0.15) is 11.8 Å². The maximum absolute atomic E-state index is 13.4. The second kappa shape index (κ2) is 4.53. The number of thiazole rings is 1. The molecule has 2 nitrogen and oxygen atoms in total. The van der Waals surface area contributed by atoms with Crippen molar-refractivity contribution in [3.8, 4) is 10.6 Å². The van der Waals surface area contributed by atoms with E-state index in [2.05, 4.69) is 4.98 Å². The summed E-state index contributed by atoms with van der Waals surface area (Å²) >= 11 is 1.36. The second-order valence-electron chi connectivity index (χ2n) is 3.49. The minimum absolute atomic E-state index is 0.0868. The van der Waals surface area contributed by atoms with E-state index in [0.29, 0.717) is 17.0 Å². The lowest BCUT2D eigenvalue weighted by Crippen LogP contribution is -1.92. The highest BCUT2D eigenvalue weighted by Crippen LogP contribution is 2.27. The van der Waals surface area contributed by atoms with Gasteiger partial charge in [0.05, 0.1) is 0 Å². The molecule has 0 aliphatic heterocycles. The molecule has 0 bridgehead atoms. The van der Waals surface area contributed by atoms with E-state index in [1.165, 1.54) is 24.3 Å². The lowest BCUT2D eigenvalue weighted by molar-refractivity contribution is -0.116. The van der Waals surface area contributed by atoms with Crippen molar-refractivity contribution >= 4 is 17.1 Å². The van der Waals surface area contributed by atoms with E-state index in [9.17, 15) is 9.18 Å². The van der Waals surface area contributed by atoms with Crippen molar-refractivity contribution in [2.24, 2.45) is 0 Å². The van der Waals surface area contributed by atoms with Crippen LogP contribution in [0.25, 0.3) is 10.6 Å². The zero-order chi connectivity index (χ0) is 11.5. The van der Waals surface area contributed by atoms with Crippen LogP contribution in [0, 0.1) is 5.82 Å². The van der Waals surface area contributed by atoms with Gasteiger partial charge in [-0.15, -0.1) is 11.3 Å². The monoisotopic (exact) mass is 235 g/mol.